The second-order valence-corrected chi connectivity index (χ2v) is 9.78. The lowest BCUT2D eigenvalue weighted by Crippen LogP contribution is -2.34. The molecule has 1 aliphatic heterocycles. The van der Waals surface area contributed by atoms with Crippen molar-refractivity contribution in [3.05, 3.63) is 71.8 Å². The standard InChI is InChI=1S/C29H34N2O3/c1-20(26-12-6-8-21-7-2-5-11-27(21)26)30-23-15-16-31(19-23)24-13-14-28(22(17-24)18-29(32)33)34-25-9-3-4-10-25/h2,5-8,11-14,17,20,23,25,30H,3-4,9-10,15-16,18-19H2,1H3,(H,32,33)/t20-,23+/m1/s1. The third kappa shape index (κ3) is 5.05. The molecule has 2 atom stereocenters. The van der Waals surface area contributed by atoms with E-state index in [2.05, 4.69) is 65.7 Å². The topological polar surface area (TPSA) is 61.8 Å². The van der Waals surface area contributed by atoms with E-state index in [1.807, 2.05) is 12.1 Å². The number of carboxylic acids is 1. The van der Waals surface area contributed by atoms with Gasteiger partial charge in [0.1, 0.15) is 5.75 Å². The van der Waals surface area contributed by atoms with Crippen LogP contribution < -0.4 is 15.0 Å². The Morgan fingerprint density at radius 2 is 1.88 bits per heavy atom. The molecule has 1 saturated heterocycles. The first-order valence-corrected chi connectivity index (χ1v) is 12.6. The monoisotopic (exact) mass is 458 g/mol. The Labute approximate surface area is 201 Å². The lowest BCUT2D eigenvalue weighted by atomic mass is 9.99. The summed E-state index contributed by atoms with van der Waals surface area (Å²) in [7, 11) is 0. The van der Waals surface area contributed by atoms with Crippen LogP contribution in [0.25, 0.3) is 10.8 Å². The summed E-state index contributed by atoms with van der Waals surface area (Å²) in [5, 5.41) is 15.9. The Morgan fingerprint density at radius 1 is 1.09 bits per heavy atom. The molecule has 1 aliphatic carbocycles. The number of carbonyl (C=O) groups is 1. The maximum atomic E-state index is 11.5. The Morgan fingerprint density at radius 3 is 2.71 bits per heavy atom. The number of carboxylic acid groups (broad SMARTS) is 1. The SMILES string of the molecule is C[C@@H](N[C@H]1CCN(c2ccc(OC3CCCC3)c(CC(=O)O)c2)C1)c1cccc2ccccc12. The van der Waals surface area contributed by atoms with Crippen LogP contribution >= 0.6 is 0 Å². The molecule has 0 amide bonds. The summed E-state index contributed by atoms with van der Waals surface area (Å²) < 4.78 is 6.19. The maximum Gasteiger partial charge on any atom is 0.307 e. The normalized spacial score (nSPS) is 19.6. The van der Waals surface area contributed by atoms with Gasteiger partial charge in [0.25, 0.3) is 0 Å². The van der Waals surface area contributed by atoms with Gasteiger partial charge in [-0.15, -0.1) is 0 Å². The van der Waals surface area contributed by atoms with Crippen LogP contribution in [-0.2, 0) is 11.2 Å². The Balaban J connectivity index is 1.27. The number of hydrogen-bond acceptors (Lipinski definition) is 4. The van der Waals surface area contributed by atoms with E-state index in [4.69, 9.17) is 4.74 Å². The summed E-state index contributed by atoms with van der Waals surface area (Å²) in [4.78, 5) is 13.9. The first-order valence-electron chi connectivity index (χ1n) is 12.6. The number of benzene rings is 3. The molecule has 2 fully saturated rings. The highest BCUT2D eigenvalue weighted by molar-refractivity contribution is 5.86. The number of hydrogen-bond donors (Lipinski definition) is 2. The second-order valence-electron chi connectivity index (χ2n) is 9.78. The fourth-order valence-corrected chi connectivity index (χ4v) is 5.57. The van der Waals surface area contributed by atoms with Gasteiger partial charge in [-0.3, -0.25) is 4.79 Å². The van der Waals surface area contributed by atoms with E-state index in [1.165, 1.54) is 29.2 Å². The molecule has 3 aromatic rings. The van der Waals surface area contributed by atoms with Gasteiger partial charge >= 0.3 is 5.97 Å². The largest absolute Gasteiger partial charge is 0.490 e. The third-order valence-electron chi connectivity index (χ3n) is 7.31. The van der Waals surface area contributed by atoms with Crippen molar-refractivity contribution in [2.24, 2.45) is 0 Å². The molecule has 1 saturated carbocycles. The highest BCUT2D eigenvalue weighted by atomic mass is 16.5. The van der Waals surface area contributed by atoms with Crippen molar-refractivity contribution in [2.45, 2.75) is 63.6 Å². The van der Waals surface area contributed by atoms with Crippen LogP contribution in [0.3, 0.4) is 0 Å². The first kappa shape index (κ1) is 22.7. The molecule has 3 aromatic carbocycles. The van der Waals surface area contributed by atoms with Crippen molar-refractivity contribution < 1.29 is 14.6 Å². The van der Waals surface area contributed by atoms with Gasteiger partial charge in [0, 0.05) is 36.4 Å². The molecular weight excluding hydrogens is 424 g/mol. The van der Waals surface area contributed by atoms with Gasteiger partial charge in [0.05, 0.1) is 12.5 Å². The summed E-state index contributed by atoms with van der Waals surface area (Å²) in [6.45, 7) is 4.10. The van der Waals surface area contributed by atoms with Crippen molar-refractivity contribution in [1.82, 2.24) is 5.32 Å². The molecule has 2 aliphatic rings. The summed E-state index contributed by atoms with van der Waals surface area (Å²) in [6.07, 6.45) is 5.76. The van der Waals surface area contributed by atoms with E-state index in [0.29, 0.717) is 6.04 Å². The lowest BCUT2D eigenvalue weighted by molar-refractivity contribution is -0.136. The molecule has 2 N–H and O–H groups in total. The fraction of sp³-hybridized carbons (Fsp3) is 0.414. The number of aliphatic carboxylic acids is 1. The summed E-state index contributed by atoms with van der Waals surface area (Å²) in [5.74, 6) is -0.0881. The predicted octanol–water partition coefficient (Wildman–Crippen LogP) is 5.72. The Hall–Kier alpha value is -3.05. The van der Waals surface area contributed by atoms with Crippen LogP contribution in [0.1, 0.15) is 56.2 Å². The van der Waals surface area contributed by atoms with E-state index in [1.54, 1.807) is 0 Å². The van der Waals surface area contributed by atoms with Gasteiger partial charge in [-0.25, -0.2) is 0 Å². The van der Waals surface area contributed by atoms with Gasteiger partial charge < -0.3 is 20.1 Å². The molecular formula is C29H34N2O3. The molecule has 1 heterocycles. The molecule has 0 aromatic heterocycles. The van der Waals surface area contributed by atoms with Crippen molar-refractivity contribution in [3.63, 3.8) is 0 Å². The number of ether oxygens (including phenoxy) is 1. The van der Waals surface area contributed by atoms with E-state index in [9.17, 15) is 9.90 Å². The minimum Gasteiger partial charge on any atom is -0.490 e. The van der Waals surface area contributed by atoms with Crippen molar-refractivity contribution in [3.8, 4) is 5.75 Å². The molecule has 0 bridgehead atoms. The minimum absolute atomic E-state index is 0.0104. The summed E-state index contributed by atoms with van der Waals surface area (Å²) in [6, 6.07) is 21.8. The maximum absolute atomic E-state index is 11.5. The Kier molecular flexibility index (Phi) is 6.73. The quantitative estimate of drug-likeness (QED) is 0.452. The fourth-order valence-electron chi connectivity index (χ4n) is 5.57. The molecule has 0 spiro atoms. The molecule has 5 rings (SSSR count). The van der Waals surface area contributed by atoms with Crippen molar-refractivity contribution in [1.29, 1.82) is 0 Å². The van der Waals surface area contributed by atoms with E-state index < -0.39 is 5.97 Å². The van der Waals surface area contributed by atoms with Crippen molar-refractivity contribution >= 4 is 22.4 Å². The van der Waals surface area contributed by atoms with Gasteiger partial charge in [0.15, 0.2) is 0 Å². The number of nitrogens with zero attached hydrogens (tertiary/aromatic N) is 1. The van der Waals surface area contributed by atoms with Crippen LogP contribution in [0.5, 0.6) is 5.75 Å². The number of rotatable bonds is 8. The summed E-state index contributed by atoms with van der Waals surface area (Å²) >= 11 is 0. The molecule has 5 heteroatoms. The average Bonchev–Trinajstić information content (AvgIpc) is 3.52. The number of anilines is 1. The van der Waals surface area contributed by atoms with Crippen LogP contribution in [0.2, 0.25) is 0 Å². The smallest absolute Gasteiger partial charge is 0.307 e. The van der Waals surface area contributed by atoms with Crippen LogP contribution in [0, 0.1) is 0 Å². The molecule has 34 heavy (non-hydrogen) atoms. The van der Waals surface area contributed by atoms with E-state index in [-0.39, 0.29) is 18.6 Å². The molecule has 178 valence electrons. The molecule has 0 radical (unpaired) electrons. The van der Waals surface area contributed by atoms with Gasteiger partial charge in [0.2, 0.25) is 0 Å². The van der Waals surface area contributed by atoms with Crippen LogP contribution in [0.4, 0.5) is 5.69 Å². The van der Waals surface area contributed by atoms with Crippen molar-refractivity contribution in [2.75, 3.05) is 18.0 Å². The number of nitrogens with one attached hydrogen (secondary N) is 1. The first-order chi connectivity index (χ1) is 16.6. The van der Waals surface area contributed by atoms with E-state index in [0.717, 1.165) is 49.4 Å². The predicted molar refractivity (Wildman–Crippen MR) is 137 cm³/mol. The molecule has 5 nitrogen and oxygen atoms in total. The van der Waals surface area contributed by atoms with Crippen LogP contribution in [-0.4, -0.2) is 36.3 Å². The average molecular weight is 459 g/mol. The zero-order chi connectivity index (χ0) is 23.5. The minimum atomic E-state index is -0.821. The van der Waals surface area contributed by atoms with Gasteiger partial charge in [-0.2, -0.15) is 0 Å². The zero-order valence-corrected chi connectivity index (χ0v) is 19.9. The van der Waals surface area contributed by atoms with E-state index >= 15 is 0 Å². The lowest BCUT2D eigenvalue weighted by Gasteiger charge is -2.24. The second kappa shape index (κ2) is 10.1. The van der Waals surface area contributed by atoms with Gasteiger partial charge in [-0.05, 0) is 73.6 Å². The molecule has 0 unspecified atom stereocenters. The highest BCUT2D eigenvalue weighted by Crippen LogP contribution is 2.32. The Bertz CT molecular complexity index is 1150. The third-order valence-corrected chi connectivity index (χ3v) is 7.31. The van der Waals surface area contributed by atoms with Gasteiger partial charge in [-0.1, -0.05) is 42.5 Å². The zero-order valence-electron chi connectivity index (χ0n) is 19.9. The highest BCUT2D eigenvalue weighted by Gasteiger charge is 2.26. The summed E-state index contributed by atoms with van der Waals surface area (Å²) in [5.41, 5.74) is 3.18. The number of fused-ring (bicyclic) bond motifs is 1. The van der Waals surface area contributed by atoms with Crippen LogP contribution in [0.15, 0.2) is 60.7 Å².